The highest BCUT2D eigenvalue weighted by atomic mass is 16.3. The summed E-state index contributed by atoms with van der Waals surface area (Å²) in [4.78, 5) is 26.5. The first-order chi connectivity index (χ1) is 10.8. The molecule has 2 aromatic heterocycles. The summed E-state index contributed by atoms with van der Waals surface area (Å²) >= 11 is 0. The number of benzene rings is 1. The van der Waals surface area contributed by atoms with E-state index in [-0.39, 0.29) is 11.8 Å². The number of fused-ring (bicyclic) bond motifs is 1. The average molecular weight is 294 g/mol. The van der Waals surface area contributed by atoms with Crippen LogP contribution in [-0.2, 0) is 0 Å². The monoisotopic (exact) mass is 294 g/mol. The number of likely N-dealkylation sites (tertiary alicyclic amines) is 1. The zero-order valence-corrected chi connectivity index (χ0v) is 11.8. The van der Waals surface area contributed by atoms with Crippen LogP contribution in [0.3, 0.4) is 0 Å². The maximum absolute atomic E-state index is 12.4. The molecule has 0 bridgehead atoms. The zero-order valence-electron chi connectivity index (χ0n) is 11.8. The van der Waals surface area contributed by atoms with Crippen molar-refractivity contribution in [2.24, 2.45) is 0 Å². The largest absolute Gasteiger partial charge is 0.440 e. The van der Waals surface area contributed by atoms with E-state index in [9.17, 15) is 4.79 Å². The molecule has 6 heteroatoms. The van der Waals surface area contributed by atoms with Gasteiger partial charge >= 0.3 is 0 Å². The first-order valence-corrected chi connectivity index (χ1v) is 7.21. The molecule has 1 aromatic carbocycles. The molecule has 0 saturated carbocycles. The Balaban J connectivity index is 1.53. The molecule has 1 aliphatic heterocycles. The molecule has 3 aromatic rings. The molecule has 1 amide bonds. The summed E-state index contributed by atoms with van der Waals surface area (Å²) in [5, 5.41) is 0. The summed E-state index contributed by atoms with van der Waals surface area (Å²) in [6, 6.07) is 7.71. The Bertz CT molecular complexity index is 782. The van der Waals surface area contributed by atoms with Crippen LogP contribution in [-0.4, -0.2) is 38.8 Å². The van der Waals surface area contributed by atoms with Crippen LogP contribution in [0.5, 0.6) is 0 Å². The molecule has 0 spiro atoms. The van der Waals surface area contributed by atoms with Gasteiger partial charge in [0.05, 0.1) is 11.5 Å². The molecule has 6 nitrogen and oxygen atoms in total. The lowest BCUT2D eigenvalue weighted by molar-refractivity contribution is 0.0789. The lowest BCUT2D eigenvalue weighted by Gasteiger charge is -2.15. The van der Waals surface area contributed by atoms with E-state index in [2.05, 4.69) is 15.0 Å². The van der Waals surface area contributed by atoms with Gasteiger partial charge in [0.1, 0.15) is 11.8 Å². The number of carbonyl (C=O) groups is 1. The normalized spacial score (nSPS) is 18.0. The molecule has 110 valence electrons. The number of amides is 1. The Morgan fingerprint density at radius 3 is 2.86 bits per heavy atom. The third-order valence-electron chi connectivity index (χ3n) is 3.94. The summed E-state index contributed by atoms with van der Waals surface area (Å²) in [6.45, 7) is 1.30. The predicted octanol–water partition coefficient (Wildman–Crippen LogP) is 2.25. The van der Waals surface area contributed by atoms with Crippen molar-refractivity contribution >= 4 is 17.0 Å². The van der Waals surface area contributed by atoms with E-state index < -0.39 is 0 Å². The van der Waals surface area contributed by atoms with Gasteiger partial charge in [0, 0.05) is 25.5 Å². The number of hydrogen-bond acceptors (Lipinski definition) is 5. The molecule has 4 rings (SSSR count). The minimum atomic E-state index is -0.0424. The molecule has 0 N–H and O–H groups in total. The van der Waals surface area contributed by atoms with Crippen LogP contribution in [0.4, 0.5) is 0 Å². The lowest BCUT2D eigenvalue weighted by atomic mass is 10.1. The van der Waals surface area contributed by atoms with Gasteiger partial charge in [-0.25, -0.2) is 15.0 Å². The summed E-state index contributed by atoms with van der Waals surface area (Å²) in [5.74, 6) is 0.806. The van der Waals surface area contributed by atoms with Gasteiger partial charge in [-0.2, -0.15) is 0 Å². The molecule has 1 unspecified atom stereocenters. The Labute approximate surface area is 126 Å². The fourth-order valence-corrected chi connectivity index (χ4v) is 2.80. The van der Waals surface area contributed by atoms with E-state index in [0.29, 0.717) is 24.5 Å². The van der Waals surface area contributed by atoms with Crippen LogP contribution >= 0.6 is 0 Å². The molecular weight excluding hydrogens is 280 g/mol. The van der Waals surface area contributed by atoms with Crippen LogP contribution in [0, 0.1) is 0 Å². The van der Waals surface area contributed by atoms with Gasteiger partial charge < -0.3 is 9.32 Å². The van der Waals surface area contributed by atoms with E-state index in [1.165, 1.54) is 6.33 Å². The van der Waals surface area contributed by atoms with Gasteiger partial charge in [-0.1, -0.05) is 12.1 Å². The summed E-state index contributed by atoms with van der Waals surface area (Å²) in [7, 11) is 0. The van der Waals surface area contributed by atoms with Crippen LogP contribution < -0.4 is 0 Å². The SMILES string of the molecule is O=C(c1cncnc1)N1CCC(c2nc3ccccc3o2)C1. The second kappa shape index (κ2) is 5.22. The van der Waals surface area contributed by atoms with E-state index in [1.807, 2.05) is 24.3 Å². The quantitative estimate of drug-likeness (QED) is 0.725. The highest BCUT2D eigenvalue weighted by Gasteiger charge is 2.31. The first-order valence-electron chi connectivity index (χ1n) is 7.21. The maximum atomic E-state index is 12.4. The standard InChI is InChI=1S/C16H14N4O2/c21-16(12-7-17-10-18-8-12)20-6-5-11(9-20)15-19-13-3-1-2-4-14(13)22-15/h1-4,7-8,10-11H,5-6,9H2. The summed E-state index contributed by atoms with van der Waals surface area (Å²) < 4.78 is 5.81. The second-order valence-corrected chi connectivity index (χ2v) is 5.38. The first kappa shape index (κ1) is 12.9. The fourth-order valence-electron chi connectivity index (χ4n) is 2.80. The molecule has 1 atom stereocenters. The highest BCUT2D eigenvalue weighted by molar-refractivity contribution is 5.93. The number of nitrogens with zero attached hydrogens (tertiary/aromatic N) is 4. The summed E-state index contributed by atoms with van der Waals surface area (Å²) in [5.41, 5.74) is 2.16. The van der Waals surface area contributed by atoms with Crippen molar-refractivity contribution in [1.29, 1.82) is 0 Å². The average Bonchev–Trinajstić information content (AvgIpc) is 3.21. The number of carbonyl (C=O) groups excluding carboxylic acids is 1. The van der Waals surface area contributed by atoms with E-state index in [0.717, 1.165) is 17.5 Å². The topological polar surface area (TPSA) is 72.1 Å². The van der Waals surface area contributed by atoms with Crippen LogP contribution in [0.1, 0.15) is 28.6 Å². The van der Waals surface area contributed by atoms with Crippen LogP contribution in [0.25, 0.3) is 11.1 Å². The van der Waals surface area contributed by atoms with Gasteiger partial charge in [-0.3, -0.25) is 4.79 Å². The van der Waals surface area contributed by atoms with Crippen LogP contribution in [0.2, 0.25) is 0 Å². The van der Waals surface area contributed by atoms with Crippen LogP contribution in [0.15, 0.2) is 47.4 Å². The van der Waals surface area contributed by atoms with Gasteiger partial charge in [0.15, 0.2) is 11.5 Å². The third kappa shape index (κ3) is 2.22. The molecule has 0 radical (unpaired) electrons. The molecular formula is C16H14N4O2. The lowest BCUT2D eigenvalue weighted by Crippen LogP contribution is -2.28. The molecule has 22 heavy (non-hydrogen) atoms. The molecule has 0 aliphatic carbocycles. The van der Waals surface area contributed by atoms with Crippen molar-refractivity contribution in [2.45, 2.75) is 12.3 Å². The predicted molar refractivity (Wildman–Crippen MR) is 79.3 cm³/mol. The second-order valence-electron chi connectivity index (χ2n) is 5.38. The highest BCUT2D eigenvalue weighted by Crippen LogP contribution is 2.29. The minimum absolute atomic E-state index is 0.0424. The molecule has 1 fully saturated rings. The third-order valence-corrected chi connectivity index (χ3v) is 3.94. The van der Waals surface area contributed by atoms with E-state index in [4.69, 9.17) is 4.42 Å². The minimum Gasteiger partial charge on any atom is -0.440 e. The maximum Gasteiger partial charge on any atom is 0.257 e. The van der Waals surface area contributed by atoms with Gasteiger partial charge in [-0.05, 0) is 18.6 Å². The fraction of sp³-hybridized carbons (Fsp3) is 0.250. The number of rotatable bonds is 2. The molecule has 1 saturated heterocycles. The van der Waals surface area contributed by atoms with Gasteiger partial charge in [-0.15, -0.1) is 0 Å². The zero-order chi connectivity index (χ0) is 14.9. The van der Waals surface area contributed by atoms with E-state index >= 15 is 0 Å². The van der Waals surface area contributed by atoms with Crippen molar-refractivity contribution in [3.63, 3.8) is 0 Å². The van der Waals surface area contributed by atoms with Crippen molar-refractivity contribution in [2.75, 3.05) is 13.1 Å². The van der Waals surface area contributed by atoms with Gasteiger partial charge in [0.25, 0.3) is 5.91 Å². The molecule has 3 heterocycles. The number of oxazole rings is 1. The van der Waals surface area contributed by atoms with E-state index in [1.54, 1.807) is 17.3 Å². The van der Waals surface area contributed by atoms with Crippen molar-refractivity contribution < 1.29 is 9.21 Å². The number of para-hydroxylation sites is 2. The van der Waals surface area contributed by atoms with Crippen molar-refractivity contribution in [1.82, 2.24) is 19.9 Å². The van der Waals surface area contributed by atoms with Gasteiger partial charge in [0.2, 0.25) is 0 Å². The van der Waals surface area contributed by atoms with Crippen molar-refractivity contribution in [3.05, 3.63) is 54.4 Å². The Kier molecular flexibility index (Phi) is 3.07. The Morgan fingerprint density at radius 2 is 2.05 bits per heavy atom. The smallest absolute Gasteiger partial charge is 0.257 e. The number of hydrogen-bond donors (Lipinski definition) is 0. The Morgan fingerprint density at radius 1 is 1.23 bits per heavy atom. The summed E-state index contributed by atoms with van der Waals surface area (Å²) in [6.07, 6.45) is 5.36. The Hall–Kier alpha value is -2.76. The molecule has 1 aliphatic rings. The number of aromatic nitrogens is 3. The van der Waals surface area contributed by atoms with Crippen molar-refractivity contribution in [3.8, 4) is 0 Å².